The molecule has 25 heavy (non-hydrogen) atoms. The van der Waals surface area contributed by atoms with Gasteiger partial charge in [0.1, 0.15) is 11.5 Å². The lowest BCUT2D eigenvalue weighted by Gasteiger charge is -2.11. The van der Waals surface area contributed by atoms with E-state index in [9.17, 15) is 0 Å². The van der Waals surface area contributed by atoms with Gasteiger partial charge in [0.15, 0.2) is 0 Å². The zero-order chi connectivity index (χ0) is 17.2. The van der Waals surface area contributed by atoms with Crippen LogP contribution in [0.15, 0.2) is 66.0 Å². The number of fused-ring (bicyclic) bond motifs is 1. The molecule has 2 heterocycles. The van der Waals surface area contributed by atoms with Crippen LogP contribution in [-0.4, -0.2) is 12.1 Å². The van der Waals surface area contributed by atoms with Gasteiger partial charge in [-0.15, -0.1) is 11.3 Å². The number of thiophene rings is 1. The maximum atomic E-state index is 6.20. The SMILES string of the molecule is COc1ccc(Oc2nc(-c3cccs3)cc3ccccc23)cc1Cl. The summed E-state index contributed by atoms with van der Waals surface area (Å²) in [5.74, 6) is 1.79. The summed E-state index contributed by atoms with van der Waals surface area (Å²) >= 11 is 7.85. The predicted octanol–water partition coefficient (Wildman–Crippen LogP) is 6.42. The summed E-state index contributed by atoms with van der Waals surface area (Å²) in [6, 6.07) is 19.5. The van der Waals surface area contributed by atoms with Crippen LogP contribution in [0.2, 0.25) is 5.02 Å². The summed E-state index contributed by atoms with van der Waals surface area (Å²) in [5.41, 5.74) is 0.892. The first-order valence-corrected chi connectivity index (χ1v) is 8.95. The smallest absolute Gasteiger partial charge is 0.227 e. The molecule has 0 aliphatic rings. The maximum absolute atomic E-state index is 6.20. The fourth-order valence-electron chi connectivity index (χ4n) is 2.62. The fourth-order valence-corrected chi connectivity index (χ4v) is 3.55. The number of hydrogen-bond acceptors (Lipinski definition) is 4. The van der Waals surface area contributed by atoms with E-state index in [-0.39, 0.29) is 0 Å². The van der Waals surface area contributed by atoms with Crippen LogP contribution in [-0.2, 0) is 0 Å². The first-order chi connectivity index (χ1) is 12.2. The van der Waals surface area contributed by atoms with Crippen molar-refractivity contribution >= 4 is 33.7 Å². The van der Waals surface area contributed by atoms with E-state index >= 15 is 0 Å². The van der Waals surface area contributed by atoms with Crippen LogP contribution < -0.4 is 9.47 Å². The van der Waals surface area contributed by atoms with Crippen molar-refractivity contribution in [2.75, 3.05) is 7.11 Å². The number of aromatic nitrogens is 1. The first-order valence-electron chi connectivity index (χ1n) is 7.69. The van der Waals surface area contributed by atoms with Crippen molar-refractivity contribution in [1.29, 1.82) is 0 Å². The van der Waals surface area contributed by atoms with E-state index in [1.165, 1.54) is 0 Å². The average molecular weight is 368 g/mol. The molecule has 0 aliphatic carbocycles. The third-order valence-corrected chi connectivity index (χ3v) is 5.00. The van der Waals surface area contributed by atoms with Gasteiger partial charge in [-0.1, -0.05) is 35.9 Å². The van der Waals surface area contributed by atoms with E-state index in [4.69, 9.17) is 26.1 Å². The molecular formula is C20H14ClNO2S. The van der Waals surface area contributed by atoms with Crippen molar-refractivity contribution in [2.45, 2.75) is 0 Å². The molecule has 2 aromatic carbocycles. The molecule has 0 atom stereocenters. The van der Waals surface area contributed by atoms with Crippen LogP contribution in [0.25, 0.3) is 21.3 Å². The highest BCUT2D eigenvalue weighted by atomic mass is 35.5. The monoisotopic (exact) mass is 367 g/mol. The zero-order valence-corrected chi connectivity index (χ0v) is 15.0. The molecule has 0 saturated carbocycles. The van der Waals surface area contributed by atoms with Crippen molar-refractivity contribution in [3.05, 3.63) is 71.1 Å². The molecule has 0 radical (unpaired) electrons. The van der Waals surface area contributed by atoms with Crippen molar-refractivity contribution < 1.29 is 9.47 Å². The Morgan fingerprint density at radius 2 is 1.88 bits per heavy atom. The van der Waals surface area contributed by atoms with Gasteiger partial charge >= 0.3 is 0 Å². The Morgan fingerprint density at radius 3 is 2.64 bits per heavy atom. The summed E-state index contributed by atoms with van der Waals surface area (Å²) in [5, 5.41) is 4.57. The van der Waals surface area contributed by atoms with E-state index in [1.807, 2.05) is 35.7 Å². The Morgan fingerprint density at radius 1 is 1.00 bits per heavy atom. The topological polar surface area (TPSA) is 31.4 Å². The second-order valence-corrected chi connectivity index (χ2v) is 6.76. The number of nitrogens with zero attached hydrogens (tertiary/aromatic N) is 1. The second kappa shape index (κ2) is 6.75. The summed E-state index contributed by atoms with van der Waals surface area (Å²) in [7, 11) is 1.58. The predicted molar refractivity (Wildman–Crippen MR) is 103 cm³/mol. The number of pyridine rings is 1. The number of methoxy groups -OCH3 is 1. The maximum Gasteiger partial charge on any atom is 0.227 e. The van der Waals surface area contributed by atoms with Gasteiger partial charge < -0.3 is 9.47 Å². The summed E-state index contributed by atoms with van der Waals surface area (Å²) in [4.78, 5) is 5.83. The number of halogens is 1. The standard InChI is InChI=1S/C20H14ClNO2S/c1-23-18-9-8-14(12-16(18)21)24-20-15-6-3-2-5-13(15)11-17(22-20)19-7-4-10-25-19/h2-12H,1H3. The van der Waals surface area contributed by atoms with Gasteiger partial charge in [-0.25, -0.2) is 4.98 Å². The molecule has 5 heteroatoms. The van der Waals surface area contributed by atoms with Crippen molar-refractivity contribution in [3.63, 3.8) is 0 Å². The highest BCUT2D eigenvalue weighted by molar-refractivity contribution is 7.13. The van der Waals surface area contributed by atoms with Gasteiger partial charge in [-0.2, -0.15) is 0 Å². The number of rotatable bonds is 4. The van der Waals surface area contributed by atoms with E-state index < -0.39 is 0 Å². The lowest BCUT2D eigenvalue weighted by Crippen LogP contribution is -1.93. The molecule has 0 unspecified atom stereocenters. The van der Waals surface area contributed by atoms with E-state index in [0.717, 1.165) is 21.3 Å². The molecule has 0 aliphatic heterocycles. The fraction of sp³-hybridized carbons (Fsp3) is 0.0500. The van der Waals surface area contributed by atoms with Gasteiger partial charge in [-0.3, -0.25) is 0 Å². The molecule has 3 nitrogen and oxygen atoms in total. The Hall–Kier alpha value is -2.56. The Balaban J connectivity index is 1.81. The number of benzene rings is 2. The Kier molecular flexibility index (Phi) is 4.30. The Labute approximate surface area is 154 Å². The second-order valence-electron chi connectivity index (χ2n) is 5.41. The van der Waals surface area contributed by atoms with Crippen LogP contribution in [0.4, 0.5) is 0 Å². The van der Waals surface area contributed by atoms with Crippen LogP contribution in [0.5, 0.6) is 17.4 Å². The molecule has 0 saturated heterocycles. The largest absolute Gasteiger partial charge is 0.495 e. The minimum absolute atomic E-state index is 0.499. The molecule has 0 amide bonds. The van der Waals surface area contributed by atoms with Gasteiger partial charge in [0.25, 0.3) is 0 Å². The third-order valence-electron chi connectivity index (χ3n) is 3.82. The van der Waals surface area contributed by atoms with Crippen LogP contribution >= 0.6 is 22.9 Å². The number of ether oxygens (including phenoxy) is 2. The molecule has 0 spiro atoms. The molecule has 0 bridgehead atoms. The van der Waals surface area contributed by atoms with Crippen molar-refractivity contribution in [3.8, 4) is 28.0 Å². The molecule has 4 aromatic rings. The zero-order valence-electron chi connectivity index (χ0n) is 13.4. The number of hydrogen-bond donors (Lipinski definition) is 0. The molecule has 0 N–H and O–H groups in total. The first kappa shape index (κ1) is 15.9. The van der Waals surface area contributed by atoms with E-state index in [1.54, 1.807) is 30.6 Å². The lowest BCUT2D eigenvalue weighted by atomic mass is 10.1. The molecule has 2 aromatic heterocycles. The minimum Gasteiger partial charge on any atom is -0.495 e. The normalized spacial score (nSPS) is 10.8. The summed E-state index contributed by atoms with van der Waals surface area (Å²) in [6.45, 7) is 0. The van der Waals surface area contributed by atoms with Crippen molar-refractivity contribution in [2.24, 2.45) is 0 Å². The molecule has 0 fully saturated rings. The Bertz CT molecular complexity index is 1030. The quantitative estimate of drug-likeness (QED) is 0.417. The lowest BCUT2D eigenvalue weighted by molar-refractivity contribution is 0.412. The van der Waals surface area contributed by atoms with Crippen LogP contribution in [0.3, 0.4) is 0 Å². The molecule has 4 rings (SSSR count). The van der Waals surface area contributed by atoms with Crippen LogP contribution in [0.1, 0.15) is 0 Å². The average Bonchev–Trinajstić information content (AvgIpc) is 3.16. The van der Waals surface area contributed by atoms with E-state index in [0.29, 0.717) is 22.4 Å². The summed E-state index contributed by atoms with van der Waals surface area (Å²) in [6.07, 6.45) is 0. The third kappa shape index (κ3) is 3.18. The minimum atomic E-state index is 0.499. The molecular weight excluding hydrogens is 354 g/mol. The highest BCUT2D eigenvalue weighted by Gasteiger charge is 2.11. The van der Waals surface area contributed by atoms with Gasteiger partial charge in [0.05, 0.1) is 22.7 Å². The van der Waals surface area contributed by atoms with Gasteiger partial charge in [0.2, 0.25) is 5.88 Å². The van der Waals surface area contributed by atoms with Crippen LogP contribution in [0, 0.1) is 0 Å². The summed E-state index contributed by atoms with van der Waals surface area (Å²) < 4.78 is 11.3. The van der Waals surface area contributed by atoms with Crippen molar-refractivity contribution in [1.82, 2.24) is 4.98 Å². The molecule has 124 valence electrons. The van der Waals surface area contributed by atoms with E-state index in [2.05, 4.69) is 18.2 Å². The highest BCUT2D eigenvalue weighted by Crippen LogP contribution is 2.35. The van der Waals surface area contributed by atoms with Gasteiger partial charge in [0, 0.05) is 11.5 Å². The van der Waals surface area contributed by atoms with Gasteiger partial charge in [-0.05, 0) is 41.1 Å².